The van der Waals surface area contributed by atoms with Crippen LogP contribution in [-0.2, 0) is 24.0 Å². The lowest BCUT2D eigenvalue weighted by atomic mass is 9.73. The molecule has 1 aromatic rings. The molecule has 12 nitrogen and oxygen atoms in total. The fraction of sp³-hybridized carbons (Fsp3) is 0.730. The van der Waals surface area contributed by atoms with E-state index in [1.165, 1.54) is 18.6 Å². The summed E-state index contributed by atoms with van der Waals surface area (Å²) in [6, 6.07) is -3.72. The summed E-state index contributed by atoms with van der Waals surface area (Å²) < 4.78 is 0. The maximum absolute atomic E-state index is 14.8. The zero-order chi connectivity index (χ0) is 35.8. The van der Waals surface area contributed by atoms with E-state index in [0.717, 1.165) is 51.4 Å². The Hall–Kier alpha value is -3.70. The maximum atomic E-state index is 14.8. The van der Waals surface area contributed by atoms with Gasteiger partial charge in [-0.1, -0.05) is 73.6 Å². The van der Waals surface area contributed by atoms with Crippen LogP contribution in [0.2, 0.25) is 0 Å². The van der Waals surface area contributed by atoms with Crippen LogP contribution in [-0.4, -0.2) is 81.3 Å². The highest BCUT2D eigenvalue weighted by Crippen LogP contribution is 2.88. The zero-order valence-corrected chi connectivity index (χ0v) is 30.0. The molecular formula is C37H54N6O6. The van der Waals surface area contributed by atoms with Crippen LogP contribution in [0.15, 0.2) is 18.6 Å². The monoisotopic (exact) mass is 678 g/mol. The van der Waals surface area contributed by atoms with Gasteiger partial charge in [0.1, 0.15) is 23.8 Å². The number of nitrogens with zero attached hydrogens (tertiary/aromatic N) is 3. The third-order valence-corrected chi connectivity index (χ3v) is 12.6. The Balaban J connectivity index is 1.43. The summed E-state index contributed by atoms with van der Waals surface area (Å²) in [6.07, 6.45) is 13.5. The molecular weight excluding hydrogens is 624 g/mol. The topological polar surface area (TPSA) is 168 Å². The molecule has 268 valence electrons. The summed E-state index contributed by atoms with van der Waals surface area (Å²) in [7, 11) is 0. The average molecular weight is 679 g/mol. The lowest BCUT2D eigenvalue weighted by Crippen LogP contribution is -2.61. The molecule has 2 heterocycles. The van der Waals surface area contributed by atoms with E-state index in [9.17, 15) is 28.8 Å². The number of hydrogen-bond acceptors (Lipinski definition) is 8. The van der Waals surface area contributed by atoms with Gasteiger partial charge in [-0.15, -0.1) is 0 Å². The Morgan fingerprint density at radius 3 is 2.20 bits per heavy atom. The van der Waals surface area contributed by atoms with E-state index in [4.69, 9.17) is 0 Å². The fourth-order valence-corrected chi connectivity index (χ4v) is 9.53. The van der Waals surface area contributed by atoms with Gasteiger partial charge in [-0.05, 0) is 60.7 Å². The summed E-state index contributed by atoms with van der Waals surface area (Å²) in [6.45, 7) is 12.3. The number of ketones is 1. The van der Waals surface area contributed by atoms with Crippen molar-refractivity contribution >= 4 is 35.7 Å². The molecule has 3 aliphatic carbocycles. The second kappa shape index (κ2) is 13.9. The normalized spacial score (nSPS) is 25.8. The van der Waals surface area contributed by atoms with E-state index < -0.39 is 53.1 Å². The predicted octanol–water partition coefficient (Wildman–Crippen LogP) is 3.54. The minimum Gasteiger partial charge on any atom is -0.344 e. The number of carbonyl (C=O) groups is 6. The Kier molecular flexibility index (Phi) is 10.4. The van der Waals surface area contributed by atoms with Crippen LogP contribution in [0.5, 0.6) is 0 Å². The number of Topliss-reactive ketones (excluding diaryl/α,β-unsaturated/α-hetero) is 1. The third-order valence-electron chi connectivity index (χ3n) is 12.6. The Morgan fingerprint density at radius 2 is 1.67 bits per heavy atom. The molecule has 12 heteroatoms. The first kappa shape index (κ1) is 36.6. The van der Waals surface area contributed by atoms with Crippen molar-refractivity contribution in [1.82, 2.24) is 30.8 Å². The van der Waals surface area contributed by atoms with E-state index in [1.54, 1.807) is 4.90 Å². The Bertz CT molecular complexity index is 1450. The number of aldehydes is 1. The van der Waals surface area contributed by atoms with E-state index in [1.807, 2.05) is 27.7 Å². The van der Waals surface area contributed by atoms with Crippen molar-refractivity contribution in [2.45, 2.75) is 136 Å². The van der Waals surface area contributed by atoms with E-state index in [2.05, 4.69) is 39.8 Å². The van der Waals surface area contributed by atoms with Gasteiger partial charge in [-0.2, -0.15) is 0 Å². The third kappa shape index (κ3) is 6.52. The molecule has 4 amide bonds. The van der Waals surface area contributed by atoms with E-state index in [0.29, 0.717) is 25.8 Å². The van der Waals surface area contributed by atoms with E-state index >= 15 is 0 Å². The maximum Gasteiger partial charge on any atom is 0.272 e. The summed E-state index contributed by atoms with van der Waals surface area (Å²) in [4.78, 5) is 89.9. The smallest absolute Gasteiger partial charge is 0.272 e. The lowest BCUT2D eigenvalue weighted by molar-refractivity contribution is -0.145. The van der Waals surface area contributed by atoms with Gasteiger partial charge in [-0.3, -0.25) is 33.8 Å². The zero-order valence-electron chi connectivity index (χ0n) is 30.0. The number of carbonyl (C=O) groups excluding carboxylic acids is 6. The van der Waals surface area contributed by atoms with Gasteiger partial charge < -0.3 is 20.9 Å². The van der Waals surface area contributed by atoms with Crippen molar-refractivity contribution in [2.75, 3.05) is 6.54 Å². The van der Waals surface area contributed by atoms with Gasteiger partial charge in [0.25, 0.3) is 5.91 Å². The molecule has 1 aliphatic heterocycles. The Morgan fingerprint density at radius 1 is 0.980 bits per heavy atom. The highest BCUT2D eigenvalue weighted by Gasteiger charge is 2.85. The molecule has 5 rings (SSSR count). The molecule has 0 bridgehead atoms. The molecule has 1 aromatic heterocycles. The van der Waals surface area contributed by atoms with Crippen molar-refractivity contribution in [2.24, 2.45) is 27.6 Å². The largest absolute Gasteiger partial charge is 0.344 e. The second-order valence-corrected chi connectivity index (χ2v) is 16.4. The summed E-state index contributed by atoms with van der Waals surface area (Å²) in [5.74, 6) is -2.59. The van der Waals surface area contributed by atoms with Crippen LogP contribution < -0.4 is 16.0 Å². The molecule has 4 fully saturated rings. The number of hydrogen-bond donors (Lipinski definition) is 3. The van der Waals surface area contributed by atoms with Gasteiger partial charge in [-0.25, -0.2) is 4.98 Å². The van der Waals surface area contributed by atoms with E-state index in [-0.39, 0.29) is 40.1 Å². The minimum atomic E-state index is -1.01. The van der Waals surface area contributed by atoms with Crippen molar-refractivity contribution < 1.29 is 28.8 Å². The standard InChI is InChI=1S/C37H54N6O6/c1-7-12-24(27(45)21-44)40-31(47)26-19-37(35(5,6)36(37)15-11-16-36)22-43(26)33(49)29(34(2,3)4)42-32(48)28(23-13-9-8-10-14-23)41-30(46)25-20-38-17-18-39-25/h17-18,20-21,23-24,26,28-29H,7-16,19,22H2,1-6H3,(H,40,47)(H,41,46)(H,42,48)/t24?,26?,28?,29?,37-/m0/s1. The van der Waals surface area contributed by atoms with Crippen LogP contribution in [0.1, 0.15) is 123 Å². The van der Waals surface area contributed by atoms with Crippen LogP contribution in [0.25, 0.3) is 0 Å². The first-order valence-electron chi connectivity index (χ1n) is 18.1. The van der Waals surface area contributed by atoms with Gasteiger partial charge in [0.15, 0.2) is 6.29 Å². The lowest BCUT2D eigenvalue weighted by Gasteiger charge is -2.38. The predicted molar refractivity (Wildman–Crippen MR) is 182 cm³/mol. The summed E-state index contributed by atoms with van der Waals surface area (Å²) in [5.41, 5.74) is -0.980. The molecule has 5 atom stereocenters. The molecule has 0 radical (unpaired) electrons. The number of amides is 4. The Labute approximate surface area is 289 Å². The van der Waals surface area contributed by atoms with Gasteiger partial charge >= 0.3 is 0 Å². The molecule has 3 saturated carbocycles. The molecule has 4 aliphatic rings. The highest BCUT2D eigenvalue weighted by molar-refractivity contribution is 6.28. The van der Waals surface area contributed by atoms with Crippen LogP contribution >= 0.6 is 0 Å². The first-order valence-corrected chi connectivity index (χ1v) is 18.1. The number of aromatic nitrogens is 2. The molecule has 4 unspecified atom stereocenters. The number of rotatable bonds is 12. The minimum absolute atomic E-state index is 0.0339. The van der Waals surface area contributed by atoms with Gasteiger partial charge in [0, 0.05) is 24.4 Å². The summed E-state index contributed by atoms with van der Waals surface area (Å²) >= 11 is 0. The number of fused-ring (bicyclic) bond motifs is 1. The highest BCUT2D eigenvalue weighted by atomic mass is 16.2. The van der Waals surface area contributed by atoms with Crippen molar-refractivity contribution in [3.63, 3.8) is 0 Å². The fourth-order valence-electron chi connectivity index (χ4n) is 9.53. The second-order valence-electron chi connectivity index (χ2n) is 16.4. The van der Waals surface area contributed by atoms with Crippen molar-refractivity contribution in [3.8, 4) is 0 Å². The SMILES string of the molecule is CCCC(NC(=O)C1C[C@]2(CN1C(=O)C(NC(=O)C(NC(=O)c1cnccn1)C1CCCCC1)C(C)(C)C)C(C)(C)C21CCC1)C(=O)C=O. The van der Waals surface area contributed by atoms with Crippen LogP contribution in [0.3, 0.4) is 0 Å². The number of likely N-dealkylation sites (tertiary alicyclic amines) is 1. The first-order chi connectivity index (χ1) is 23.1. The number of nitrogens with one attached hydrogen (secondary N) is 3. The van der Waals surface area contributed by atoms with Gasteiger partial charge in [0.05, 0.1) is 12.2 Å². The molecule has 3 N–H and O–H groups in total. The van der Waals surface area contributed by atoms with Crippen molar-refractivity contribution in [3.05, 3.63) is 24.3 Å². The molecule has 1 saturated heterocycles. The van der Waals surface area contributed by atoms with Crippen LogP contribution in [0.4, 0.5) is 0 Å². The average Bonchev–Trinajstić information content (AvgIpc) is 3.27. The van der Waals surface area contributed by atoms with Crippen molar-refractivity contribution in [1.29, 1.82) is 0 Å². The van der Waals surface area contributed by atoms with Gasteiger partial charge in [0.2, 0.25) is 23.5 Å². The molecule has 49 heavy (non-hydrogen) atoms. The molecule has 2 spiro atoms. The summed E-state index contributed by atoms with van der Waals surface area (Å²) in [5, 5.41) is 8.75. The quantitative estimate of drug-likeness (QED) is 0.223. The molecule has 0 aromatic carbocycles. The van der Waals surface area contributed by atoms with Crippen LogP contribution in [0, 0.1) is 27.6 Å².